The van der Waals surface area contributed by atoms with Crippen LogP contribution in [0.3, 0.4) is 0 Å². The molecule has 1 saturated carbocycles. The first-order valence-corrected chi connectivity index (χ1v) is 12.2. The van der Waals surface area contributed by atoms with Crippen molar-refractivity contribution in [2.75, 3.05) is 40.3 Å². The van der Waals surface area contributed by atoms with Gasteiger partial charge in [0.15, 0.2) is 0 Å². The second-order valence-corrected chi connectivity index (χ2v) is 12.3. The van der Waals surface area contributed by atoms with Crippen molar-refractivity contribution >= 4 is 0 Å². The lowest BCUT2D eigenvalue weighted by atomic mass is 9.75. The highest BCUT2D eigenvalue weighted by molar-refractivity contribution is 4.89. The predicted molar refractivity (Wildman–Crippen MR) is 133 cm³/mol. The summed E-state index contributed by atoms with van der Waals surface area (Å²) < 4.78 is 0. The van der Waals surface area contributed by atoms with Crippen LogP contribution in [0.15, 0.2) is 0 Å². The summed E-state index contributed by atoms with van der Waals surface area (Å²) in [6.07, 6.45) is 5.81. The Morgan fingerprint density at radius 1 is 0.690 bits per heavy atom. The van der Waals surface area contributed by atoms with E-state index in [1.165, 1.54) is 38.8 Å². The van der Waals surface area contributed by atoms with Gasteiger partial charge in [-0.2, -0.15) is 0 Å². The highest BCUT2D eigenvalue weighted by Crippen LogP contribution is 2.37. The molecule has 0 unspecified atom stereocenters. The van der Waals surface area contributed by atoms with Crippen molar-refractivity contribution in [1.29, 1.82) is 0 Å². The molecule has 1 aliphatic heterocycles. The van der Waals surface area contributed by atoms with E-state index in [0.29, 0.717) is 16.5 Å². The third-order valence-electron chi connectivity index (χ3n) is 6.87. The van der Waals surface area contributed by atoms with Gasteiger partial charge in [-0.15, -0.1) is 0 Å². The summed E-state index contributed by atoms with van der Waals surface area (Å²) in [7, 11) is 4.17. The normalized spacial score (nSPS) is 19.6. The van der Waals surface area contributed by atoms with E-state index >= 15 is 0 Å². The number of piperidine rings is 1. The molecule has 0 aromatic heterocycles. The lowest BCUT2D eigenvalue weighted by Gasteiger charge is -2.38. The monoisotopic (exact) mass is 411 g/mol. The van der Waals surface area contributed by atoms with Gasteiger partial charge in [0.1, 0.15) is 0 Å². The molecule has 0 N–H and O–H groups in total. The van der Waals surface area contributed by atoms with Gasteiger partial charge in [-0.25, -0.2) is 0 Å². The maximum Gasteiger partial charge on any atom is 0.0124 e. The molecule has 3 nitrogen and oxygen atoms in total. The third kappa shape index (κ3) is 12.4. The van der Waals surface area contributed by atoms with Gasteiger partial charge in [0.05, 0.1) is 0 Å². The zero-order valence-corrected chi connectivity index (χ0v) is 22.7. The quantitative estimate of drug-likeness (QED) is 0.533. The lowest BCUT2D eigenvalue weighted by Crippen LogP contribution is -2.40. The molecule has 0 aromatic carbocycles. The molecule has 0 amide bonds. The van der Waals surface area contributed by atoms with E-state index in [-0.39, 0.29) is 0 Å². The molecule has 0 spiro atoms. The summed E-state index contributed by atoms with van der Waals surface area (Å²) in [4.78, 5) is 7.34. The lowest BCUT2D eigenvalue weighted by molar-refractivity contribution is 0.107. The van der Waals surface area contributed by atoms with Crippen molar-refractivity contribution in [2.24, 2.45) is 11.3 Å². The SMILES string of the molecule is CC(C)(C)C1CCN(C2CC2)CC1.CCN(CC)C(C)(C)C.CN(C)C(C)(C)C. The second kappa shape index (κ2) is 12.1. The standard InChI is InChI=1S/C12H23N.C8H19N.C6H15N/c1-12(2,3)10-6-8-13(9-7-10)11-4-5-11;1-6-9(7-2)8(3,4)5;1-6(2,3)7(4)5/h10-11H,4-9H2,1-3H3;6-7H2,1-5H3;1-5H3. The Hall–Kier alpha value is -0.120. The molecule has 0 aromatic rings. The molecular formula is C26H57N3. The average molecular weight is 412 g/mol. The Morgan fingerprint density at radius 3 is 1.24 bits per heavy atom. The molecule has 1 heterocycles. The summed E-state index contributed by atoms with van der Waals surface area (Å²) >= 11 is 0. The van der Waals surface area contributed by atoms with Gasteiger partial charge in [-0.3, -0.25) is 4.90 Å². The summed E-state index contributed by atoms with van der Waals surface area (Å²) in [5.74, 6) is 0.961. The molecular weight excluding hydrogens is 354 g/mol. The molecule has 2 rings (SSSR count). The van der Waals surface area contributed by atoms with Gasteiger partial charge >= 0.3 is 0 Å². The first-order valence-electron chi connectivity index (χ1n) is 12.2. The number of nitrogens with zero attached hydrogens (tertiary/aromatic N) is 3. The van der Waals surface area contributed by atoms with Gasteiger partial charge in [0.2, 0.25) is 0 Å². The summed E-state index contributed by atoms with van der Waals surface area (Å²) in [6.45, 7) is 29.9. The van der Waals surface area contributed by atoms with E-state index < -0.39 is 0 Å². The van der Waals surface area contributed by atoms with E-state index in [9.17, 15) is 0 Å². The van der Waals surface area contributed by atoms with Crippen LogP contribution >= 0.6 is 0 Å². The van der Waals surface area contributed by atoms with Gasteiger partial charge in [-0.1, -0.05) is 34.6 Å². The predicted octanol–water partition coefficient (Wildman–Crippen LogP) is 6.38. The fourth-order valence-electron chi connectivity index (χ4n) is 3.74. The van der Waals surface area contributed by atoms with Gasteiger partial charge in [-0.05, 0) is 119 Å². The van der Waals surface area contributed by atoms with Crippen LogP contribution in [-0.2, 0) is 0 Å². The smallest absolute Gasteiger partial charge is 0.0124 e. The van der Waals surface area contributed by atoms with Crippen LogP contribution in [0.5, 0.6) is 0 Å². The van der Waals surface area contributed by atoms with Crippen LogP contribution < -0.4 is 0 Å². The summed E-state index contributed by atoms with van der Waals surface area (Å²) in [5.41, 5.74) is 1.22. The van der Waals surface area contributed by atoms with Crippen LogP contribution in [0, 0.1) is 11.3 Å². The minimum Gasteiger partial charge on any atom is -0.305 e. The first kappa shape index (κ1) is 28.9. The Bertz CT molecular complexity index is 407. The van der Waals surface area contributed by atoms with E-state index in [2.05, 4.69) is 105 Å². The molecule has 1 aliphatic carbocycles. The summed E-state index contributed by atoms with van der Waals surface area (Å²) in [5, 5.41) is 0. The number of hydrogen-bond acceptors (Lipinski definition) is 3. The van der Waals surface area contributed by atoms with Gasteiger partial charge in [0.25, 0.3) is 0 Å². The molecule has 2 fully saturated rings. The molecule has 3 heteroatoms. The third-order valence-corrected chi connectivity index (χ3v) is 6.87. The summed E-state index contributed by atoms with van der Waals surface area (Å²) in [6, 6.07) is 0.987. The van der Waals surface area contributed by atoms with Crippen LogP contribution in [0.2, 0.25) is 0 Å². The Balaban J connectivity index is 0.000000433. The Morgan fingerprint density at radius 2 is 1.07 bits per heavy atom. The van der Waals surface area contributed by atoms with Crippen LogP contribution in [-0.4, -0.2) is 72.1 Å². The number of rotatable bonds is 3. The van der Waals surface area contributed by atoms with Crippen molar-refractivity contribution in [3.05, 3.63) is 0 Å². The Kier molecular flexibility index (Phi) is 12.0. The Labute approximate surface area is 185 Å². The van der Waals surface area contributed by atoms with Gasteiger partial charge < -0.3 is 9.80 Å². The molecule has 1 saturated heterocycles. The molecule has 0 atom stereocenters. The number of likely N-dealkylation sites (tertiary alicyclic amines) is 1. The largest absolute Gasteiger partial charge is 0.305 e. The molecule has 176 valence electrons. The van der Waals surface area contributed by atoms with Crippen LogP contribution in [0.4, 0.5) is 0 Å². The zero-order valence-electron chi connectivity index (χ0n) is 22.7. The molecule has 2 aliphatic rings. The minimum absolute atomic E-state index is 0.333. The minimum atomic E-state index is 0.333. The fraction of sp³-hybridized carbons (Fsp3) is 1.00. The van der Waals surface area contributed by atoms with E-state index in [4.69, 9.17) is 0 Å². The van der Waals surface area contributed by atoms with E-state index in [0.717, 1.165) is 25.0 Å². The molecule has 0 bridgehead atoms. The van der Waals surface area contributed by atoms with Crippen molar-refractivity contribution < 1.29 is 0 Å². The van der Waals surface area contributed by atoms with Crippen LogP contribution in [0.25, 0.3) is 0 Å². The zero-order chi connectivity index (χ0) is 23.0. The van der Waals surface area contributed by atoms with Crippen LogP contribution in [0.1, 0.15) is 102 Å². The van der Waals surface area contributed by atoms with Gasteiger partial charge in [0, 0.05) is 17.1 Å². The molecule has 0 radical (unpaired) electrons. The maximum absolute atomic E-state index is 2.71. The van der Waals surface area contributed by atoms with Crippen molar-refractivity contribution in [1.82, 2.24) is 14.7 Å². The average Bonchev–Trinajstić information content (AvgIpc) is 3.39. The first-order chi connectivity index (χ1) is 13.0. The second-order valence-electron chi connectivity index (χ2n) is 12.3. The fourth-order valence-corrected chi connectivity index (χ4v) is 3.74. The highest BCUT2D eigenvalue weighted by Gasteiger charge is 2.34. The van der Waals surface area contributed by atoms with Crippen molar-refractivity contribution in [3.8, 4) is 0 Å². The van der Waals surface area contributed by atoms with Crippen molar-refractivity contribution in [3.63, 3.8) is 0 Å². The topological polar surface area (TPSA) is 9.72 Å². The molecule has 29 heavy (non-hydrogen) atoms. The van der Waals surface area contributed by atoms with Crippen molar-refractivity contribution in [2.45, 2.75) is 119 Å². The van der Waals surface area contributed by atoms with E-state index in [1.54, 1.807) is 0 Å². The number of hydrogen-bond donors (Lipinski definition) is 0. The van der Waals surface area contributed by atoms with E-state index in [1.807, 2.05) is 0 Å². The highest BCUT2D eigenvalue weighted by atomic mass is 15.2. The maximum atomic E-state index is 2.71.